The molecule has 194 valence electrons. The lowest BCUT2D eigenvalue weighted by molar-refractivity contribution is -0.138. The van der Waals surface area contributed by atoms with Gasteiger partial charge in [-0.25, -0.2) is 4.79 Å². The van der Waals surface area contributed by atoms with Crippen molar-refractivity contribution in [1.29, 1.82) is 0 Å². The number of hydrogen-bond acceptors (Lipinski definition) is 4. The highest BCUT2D eigenvalue weighted by Crippen LogP contribution is 2.42. The summed E-state index contributed by atoms with van der Waals surface area (Å²) >= 11 is 0. The van der Waals surface area contributed by atoms with Gasteiger partial charge in [-0.05, 0) is 44.7 Å². The predicted octanol–water partition coefficient (Wildman–Crippen LogP) is 3.89. The Labute approximate surface area is 210 Å². The Balaban J connectivity index is 2.29. The Hall–Kier alpha value is -2.67. The fraction of sp³-hybridized carbons (Fsp3) is 0.607. The topological polar surface area (TPSA) is 98.7 Å². The van der Waals surface area contributed by atoms with Crippen molar-refractivity contribution < 1.29 is 19.5 Å². The zero-order valence-corrected chi connectivity index (χ0v) is 22.1. The van der Waals surface area contributed by atoms with Crippen molar-refractivity contribution in [2.75, 3.05) is 14.1 Å². The van der Waals surface area contributed by atoms with Gasteiger partial charge >= 0.3 is 5.97 Å². The highest BCUT2D eigenvalue weighted by atomic mass is 16.4. The molecule has 0 spiro atoms. The van der Waals surface area contributed by atoms with Crippen molar-refractivity contribution in [1.82, 2.24) is 15.5 Å². The van der Waals surface area contributed by atoms with E-state index in [1.54, 1.807) is 18.0 Å². The number of likely N-dealkylation sites (N-methyl/N-ethyl adjacent to an activating group) is 2. The fourth-order valence-electron chi connectivity index (χ4n) is 5.42. The average molecular weight is 486 g/mol. The van der Waals surface area contributed by atoms with E-state index in [0.29, 0.717) is 6.42 Å². The van der Waals surface area contributed by atoms with Crippen LogP contribution in [0.15, 0.2) is 42.0 Å². The van der Waals surface area contributed by atoms with Gasteiger partial charge < -0.3 is 20.6 Å². The van der Waals surface area contributed by atoms with Gasteiger partial charge in [0.05, 0.1) is 12.1 Å². The zero-order valence-electron chi connectivity index (χ0n) is 22.1. The fourth-order valence-corrected chi connectivity index (χ4v) is 5.42. The molecule has 0 bridgehead atoms. The van der Waals surface area contributed by atoms with E-state index in [9.17, 15) is 19.5 Å². The highest BCUT2D eigenvalue weighted by Gasteiger charge is 2.45. The molecule has 0 aromatic heterocycles. The highest BCUT2D eigenvalue weighted by molar-refractivity contribution is 5.91. The first-order valence-electron chi connectivity index (χ1n) is 12.8. The number of aliphatic carboxylic acids is 1. The monoisotopic (exact) mass is 485 g/mol. The molecule has 1 saturated carbocycles. The maximum Gasteiger partial charge on any atom is 0.331 e. The van der Waals surface area contributed by atoms with Crippen LogP contribution in [0.3, 0.4) is 0 Å². The molecule has 1 fully saturated rings. The summed E-state index contributed by atoms with van der Waals surface area (Å²) in [6, 6.07) is 8.67. The van der Waals surface area contributed by atoms with Gasteiger partial charge in [-0.2, -0.15) is 0 Å². The molecule has 1 aromatic rings. The summed E-state index contributed by atoms with van der Waals surface area (Å²) in [7, 11) is 3.49. The molecule has 0 radical (unpaired) electrons. The van der Waals surface area contributed by atoms with Crippen molar-refractivity contribution in [2.24, 2.45) is 5.92 Å². The summed E-state index contributed by atoms with van der Waals surface area (Å²) in [5.41, 5.74) is 1.02. The second-order valence-corrected chi connectivity index (χ2v) is 10.1. The maximum absolute atomic E-state index is 13.7. The van der Waals surface area contributed by atoms with Crippen LogP contribution in [0.4, 0.5) is 0 Å². The van der Waals surface area contributed by atoms with Crippen molar-refractivity contribution in [3.63, 3.8) is 0 Å². The van der Waals surface area contributed by atoms with Gasteiger partial charge in [0, 0.05) is 18.0 Å². The second kappa shape index (κ2) is 12.9. The minimum atomic E-state index is -1.01. The van der Waals surface area contributed by atoms with Crippen LogP contribution in [0.2, 0.25) is 0 Å². The SMILES string of the molecule is CC[C@H](NC(=O)C(NC)C1(c2ccccc2)CCCCC1)C(=O)N(C)[C@H](C=C(C)C(=O)O)C(C)C. The molecular weight excluding hydrogens is 442 g/mol. The first-order valence-corrected chi connectivity index (χ1v) is 12.8. The third kappa shape index (κ3) is 6.72. The molecular formula is C28H43N3O4. The van der Waals surface area contributed by atoms with Crippen molar-refractivity contribution >= 4 is 17.8 Å². The molecule has 35 heavy (non-hydrogen) atoms. The van der Waals surface area contributed by atoms with Gasteiger partial charge in [0.2, 0.25) is 11.8 Å². The number of amides is 2. The Morgan fingerprint density at radius 2 is 1.71 bits per heavy atom. The number of benzene rings is 1. The lowest BCUT2D eigenvalue weighted by Crippen LogP contribution is -2.60. The Morgan fingerprint density at radius 3 is 2.20 bits per heavy atom. The number of nitrogens with one attached hydrogen (secondary N) is 2. The molecule has 3 N–H and O–H groups in total. The van der Waals surface area contributed by atoms with Gasteiger partial charge in [-0.1, -0.05) is 76.4 Å². The summed E-state index contributed by atoms with van der Waals surface area (Å²) < 4.78 is 0. The number of carboxylic acid groups (broad SMARTS) is 1. The standard InChI is InChI=1S/C28H43N3O4/c1-7-22(26(33)31(6)23(19(2)3)18-20(4)27(34)35)30-25(32)24(29-5)28(16-12-9-13-17-28)21-14-10-8-11-15-21/h8,10-11,14-15,18-19,22-24,29H,7,9,12-13,16-17H2,1-6H3,(H,30,32)(H,34,35)/t22-,23+,24?/m0/s1. The van der Waals surface area contributed by atoms with Crippen LogP contribution in [-0.2, 0) is 19.8 Å². The normalized spacial score (nSPS) is 18.4. The van der Waals surface area contributed by atoms with E-state index in [-0.39, 0.29) is 28.7 Å². The Bertz CT molecular complexity index is 891. The zero-order chi connectivity index (χ0) is 26.2. The molecule has 2 amide bonds. The lowest BCUT2D eigenvalue weighted by Gasteiger charge is -2.43. The van der Waals surface area contributed by atoms with Crippen LogP contribution in [-0.4, -0.2) is 60.0 Å². The molecule has 1 aromatic carbocycles. The number of carbonyl (C=O) groups is 3. The molecule has 7 heteroatoms. The Morgan fingerprint density at radius 1 is 1.11 bits per heavy atom. The molecule has 0 aliphatic heterocycles. The van der Waals surface area contributed by atoms with Crippen LogP contribution < -0.4 is 10.6 Å². The van der Waals surface area contributed by atoms with Gasteiger partial charge in [-0.15, -0.1) is 0 Å². The van der Waals surface area contributed by atoms with Gasteiger partial charge in [0.25, 0.3) is 0 Å². The minimum absolute atomic E-state index is 0.0140. The van der Waals surface area contributed by atoms with E-state index >= 15 is 0 Å². The third-order valence-corrected chi connectivity index (χ3v) is 7.46. The summed E-state index contributed by atoms with van der Waals surface area (Å²) in [4.78, 5) is 40.1. The summed E-state index contributed by atoms with van der Waals surface area (Å²) in [5.74, 6) is -1.39. The number of rotatable bonds is 11. The van der Waals surface area contributed by atoms with E-state index in [2.05, 4.69) is 22.8 Å². The first kappa shape index (κ1) is 28.6. The third-order valence-electron chi connectivity index (χ3n) is 7.46. The van der Waals surface area contributed by atoms with E-state index in [1.165, 1.54) is 6.92 Å². The molecule has 2 rings (SSSR count). The van der Waals surface area contributed by atoms with Crippen LogP contribution in [0.5, 0.6) is 0 Å². The van der Waals surface area contributed by atoms with E-state index in [0.717, 1.165) is 37.7 Å². The Kier molecular flexibility index (Phi) is 10.5. The molecule has 3 atom stereocenters. The van der Waals surface area contributed by atoms with Crippen LogP contribution >= 0.6 is 0 Å². The lowest BCUT2D eigenvalue weighted by atomic mass is 9.64. The van der Waals surface area contributed by atoms with Gasteiger partial charge in [0.1, 0.15) is 6.04 Å². The smallest absolute Gasteiger partial charge is 0.331 e. The van der Waals surface area contributed by atoms with E-state index in [1.807, 2.05) is 46.0 Å². The molecule has 1 aliphatic rings. The number of nitrogens with zero attached hydrogens (tertiary/aromatic N) is 1. The molecule has 1 unspecified atom stereocenters. The summed E-state index contributed by atoms with van der Waals surface area (Å²) in [5, 5.41) is 15.6. The van der Waals surface area contributed by atoms with Crippen molar-refractivity contribution in [3.05, 3.63) is 47.5 Å². The van der Waals surface area contributed by atoms with Gasteiger partial charge in [-0.3, -0.25) is 9.59 Å². The van der Waals surface area contributed by atoms with E-state index in [4.69, 9.17) is 0 Å². The van der Waals surface area contributed by atoms with Gasteiger partial charge in [0.15, 0.2) is 0 Å². The number of hydrogen-bond donors (Lipinski definition) is 3. The minimum Gasteiger partial charge on any atom is -0.478 e. The molecule has 1 aliphatic carbocycles. The molecule has 0 saturated heterocycles. The summed E-state index contributed by atoms with van der Waals surface area (Å²) in [6.07, 6.45) is 7.16. The number of carboxylic acids is 1. The van der Waals surface area contributed by atoms with Crippen LogP contribution in [0, 0.1) is 5.92 Å². The summed E-state index contributed by atoms with van der Waals surface area (Å²) in [6.45, 7) is 7.30. The quantitative estimate of drug-likeness (QED) is 0.413. The maximum atomic E-state index is 13.7. The average Bonchev–Trinajstić information content (AvgIpc) is 2.86. The largest absolute Gasteiger partial charge is 0.478 e. The van der Waals surface area contributed by atoms with E-state index < -0.39 is 24.1 Å². The van der Waals surface area contributed by atoms with Crippen LogP contribution in [0.25, 0.3) is 0 Å². The van der Waals surface area contributed by atoms with Crippen molar-refractivity contribution in [2.45, 2.75) is 89.8 Å². The predicted molar refractivity (Wildman–Crippen MR) is 139 cm³/mol. The second-order valence-electron chi connectivity index (χ2n) is 10.1. The van der Waals surface area contributed by atoms with Crippen molar-refractivity contribution in [3.8, 4) is 0 Å². The van der Waals surface area contributed by atoms with Crippen LogP contribution in [0.1, 0.15) is 71.8 Å². The first-order chi connectivity index (χ1) is 16.6. The molecule has 7 nitrogen and oxygen atoms in total. The number of carbonyl (C=O) groups excluding carboxylic acids is 2. The molecule has 0 heterocycles.